The van der Waals surface area contributed by atoms with E-state index in [4.69, 9.17) is 9.15 Å². The Hall–Kier alpha value is -2.81. The Bertz CT molecular complexity index is 1240. The maximum atomic E-state index is 6.64. The van der Waals surface area contributed by atoms with Crippen molar-refractivity contribution in [3.63, 3.8) is 0 Å². The lowest BCUT2D eigenvalue weighted by Gasteiger charge is -2.23. The normalized spacial score (nSPS) is 15.9. The number of fused-ring (bicyclic) bond motifs is 3. The Kier molecular flexibility index (Phi) is 3.37. The molecule has 2 aromatic heterocycles. The first-order chi connectivity index (χ1) is 13.7. The van der Waals surface area contributed by atoms with Crippen LogP contribution in [-0.2, 0) is 13.5 Å². The van der Waals surface area contributed by atoms with Crippen LogP contribution in [0.5, 0.6) is 11.5 Å². The van der Waals surface area contributed by atoms with Crippen molar-refractivity contribution >= 4 is 21.9 Å². The number of ether oxygens (including phenoxy) is 1. The summed E-state index contributed by atoms with van der Waals surface area (Å²) in [7, 11) is 2.10. The summed E-state index contributed by atoms with van der Waals surface area (Å²) in [6.45, 7) is 2.20. The maximum absolute atomic E-state index is 6.64. The molecule has 0 saturated heterocycles. The lowest BCUT2D eigenvalue weighted by atomic mass is 9.89. The van der Waals surface area contributed by atoms with Crippen LogP contribution in [0.15, 0.2) is 47.1 Å². The van der Waals surface area contributed by atoms with E-state index in [1.165, 1.54) is 58.5 Å². The molecule has 4 aromatic rings. The molecule has 0 unspecified atom stereocenters. The van der Waals surface area contributed by atoms with Crippen LogP contribution in [0.25, 0.3) is 33.1 Å². The minimum absolute atomic E-state index is 0.743. The zero-order valence-electron chi connectivity index (χ0n) is 16.4. The summed E-state index contributed by atoms with van der Waals surface area (Å²) >= 11 is 0. The Balaban J connectivity index is 1.72. The maximum Gasteiger partial charge on any atom is 0.381 e. The van der Waals surface area contributed by atoms with Gasteiger partial charge < -0.3 is 9.15 Å². The molecule has 1 fully saturated rings. The Morgan fingerprint density at radius 2 is 1.93 bits per heavy atom. The molecule has 0 radical (unpaired) electrons. The van der Waals surface area contributed by atoms with Crippen LogP contribution < -0.4 is 9.30 Å². The number of aryl methyl sites for hydroxylation is 2. The number of hydrogen-bond donors (Lipinski definition) is 0. The van der Waals surface area contributed by atoms with E-state index in [9.17, 15) is 0 Å². The second-order valence-electron chi connectivity index (χ2n) is 8.42. The van der Waals surface area contributed by atoms with Crippen molar-refractivity contribution in [2.24, 2.45) is 13.0 Å². The number of hydrogen-bond acceptors (Lipinski definition) is 2. The molecule has 1 saturated carbocycles. The molecule has 2 aromatic carbocycles. The molecule has 140 valence electrons. The highest BCUT2D eigenvalue weighted by atomic mass is 16.5. The SMILES string of the molecule is Cc1ccc2cccc3c2c1-c1c(c(CC2CCCC2)c2ccoc2[n+]1C)O3. The van der Waals surface area contributed by atoms with Gasteiger partial charge in [-0.1, -0.05) is 49.9 Å². The molecule has 1 aliphatic carbocycles. The first-order valence-corrected chi connectivity index (χ1v) is 10.3. The molecule has 3 heterocycles. The van der Waals surface area contributed by atoms with Gasteiger partial charge in [-0.15, -0.1) is 0 Å². The standard InChI is InChI=1S/C25H24NO2/c1-15-10-11-17-8-5-9-20-22(17)21(15)23-24(28-20)19(14-16-6-3-4-7-16)18-12-13-27-25(18)26(23)2/h5,8-13,16H,3-4,6-7,14H2,1-2H3/q+1. The van der Waals surface area contributed by atoms with Crippen molar-refractivity contribution in [2.45, 2.75) is 39.0 Å². The highest BCUT2D eigenvalue weighted by Crippen LogP contribution is 2.49. The number of pyridine rings is 1. The van der Waals surface area contributed by atoms with Gasteiger partial charge in [-0.3, -0.25) is 0 Å². The zero-order valence-corrected chi connectivity index (χ0v) is 16.4. The number of nitrogens with zero attached hydrogens (tertiary/aromatic N) is 1. The molecule has 2 aliphatic rings. The van der Waals surface area contributed by atoms with Crippen molar-refractivity contribution in [3.05, 3.63) is 53.8 Å². The third-order valence-electron chi connectivity index (χ3n) is 6.73. The summed E-state index contributed by atoms with van der Waals surface area (Å²) in [4.78, 5) is 0. The largest absolute Gasteiger partial charge is 0.449 e. The van der Waals surface area contributed by atoms with Crippen molar-refractivity contribution < 1.29 is 13.7 Å². The predicted octanol–water partition coefficient (Wildman–Crippen LogP) is 6.22. The van der Waals surface area contributed by atoms with Crippen molar-refractivity contribution in [2.75, 3.05) is 0 Å². The quantitative estimate of drug-likeness (QED) is 0.345. The molecular formula is C25H24NO2+. The monoisotopic (exact) mass is 370 g/mol. The number of furan rings is 1. The average Bonchev–Trinajstić information content (AvgIpc) is 3.39. The molecular weight excluding hydrogens is 346 g/mol. The topological polar surface area (TPSA) is 26.2 Å². The second kappa shape index (κ2) is 5.84. The van der Waals surface area contributed by atoms with Gasteiger partial charge in [-0.2, -0.15) is 4.57 Å². The fraction of sp³-hybridized carbons (Fsp3) is 0.320. The Labute approximate surface area is 164 Å². The highest BCUT2D eigenvalue weighted by Gasteiger charge is 2.36. The molecule has 6 rings (SSSR count). The second-order valence-corrected chi connectivity index (χ2v) is 8.42. The van der Waals surface area contributed by atoms with E-state index in [2.05, 4.69) is 54.9 Å². The lowest BCUT2D eigenvalue weighted by Crippen LogP contribution is -2.34. The molecule has 0 bridgehead atoms. The summed E-state index contributed by atoms with van der Waals surface area (Å²) in [6, 6.07) is 12.9. The fourth-order valence-corrected chi connectivity index (χ4v) is 5.36. The van der Waals surface area contributed by atoms with Crippen molar-refractivity contribution in [3.8, 4) is 22.8 Å². The van der Waals surface area contributed by atoms with Gasteiger partial charge in [0.25, 0.3) is 5.69 Å². The van der Waals surface area contributed by atoms with Gasteiger partial charge in [0.2, 0.25) is 5.75 Å². The predicted molar refractivity (Wildman–Crippen MR) is 111 cm³/mol. The van der Waals surface area contributed by atoms with E-state index < -0.39 is 0 Å². The number of rotatable bonds is 2. The minimum Gasteiger partial charge on any atom is -0.449 e. The highest BCUT2D eigenvalue weighted by molar-refractivity contribution is 6.05. The van der Waals surface area contributed by atoms with E-state index >= 15 is 0 Å². The Morgan fingerprint density at radius 3 is 2.79 bits per heavy atom. The fourth-order valence-electron chi connectivity index (χ4n) is 5.36. The van der Waals surface area contributed by atoms with Crippen LogP contribution >= 0.6 is 0 Å². The van der Waals surface area contributed by atoms with Crippen LogP contribution in [0.1, 0.15) is 36.8 Å². The molecule has 3 heteroatoms. The minimum atomic E-state index is 0.743. The smallest absolute Gasteiger partial charge is 0.381 e. The molecule has 28 heavy (non-hydrogen) atoms. The van der Waals surface area contributed by atoms with Gasteiger partial charge in [-0.05, 0) is 42.3 Å². The van der Waals surface area contributed by atoms with Crippen LogP contribution in [0, 0.1) is 12.8 Å². The van der Waals surface area contributed by atoms with Crippen LogP contribution in [0.4, 0.5) is 0 Å². The van der Waals surface area contributed by atoms with Crippen LogP contribution in [0.3, 0.4) is 0 Å². The van der Waals surface area contributed by atoms with E-state index in [0.29, 0.717) is 0 Å². The number of benzene rings is 2. The first kappa shape index (κ1) is 16.2. The summed E-state index contributed by atoms with van der Waals surface area (Å²) in [5, 5.41) is 3.63. The molecule has 0 N–H and O–H groups in total. The van der Waals surface area contributed by atoms with E-state index in [1.54, 1.807) is 0 Å². The van der Waals surface area contributed by atoms with E-state index in [-0.39, 0.29) is 0 Å². The average molecular weight is 370 g/mol. The van der Waals surface area contributed by atoms with Crippen molar-refractivity contribution in [1.82, 2.24) is 0 Å². The molecule has 0 atom stereocenters. The van der Waals surface area contributed by atoms with Gasteiger partial charge in [0.1, 0.15) is 12.8 Å². The molecule has 1 aliphatic heterocycles. The summed E-state index contributed by atoms with van der Waals surface area (Å²) in [5.74, 6) is 2.74. The summed E-state index contributed by atoms with van der Waals surface area (Å²) < 4.78 is 14.8. The van der Waals surface area contributed by atoms with Crippen LogP contribution in [0.2, 0.25) is 0 Å². The lowest BCUT2D eigenvalue weighted by molar-refractivity contribution is -0.640. The zero-order chi connectivity index (χ0) is 18.8. The molecule has 0 spiro atoms. The van der Waals surface area contributed by atoms with Gasteiger partial charge in [0, 0.05) is 10.9 Å². The third kappa shape index (κ3) is 2.13. The molecule has 3 nitrogen and oxygen atoms in total. The van der Waals surface area contributed by atoms with Gasteiger partial charge in [0.15, 0.2) is 0 Å². The van der Waals surface area contributed by atoms with Crippen LogP contribution in [-0.4, -0.2) is 0 Å². The Morgan fingerprint density at radius 1 is 1.07 bits per heavy atom. The summed E-state index contributed by atoms with van der Waals surface area (Å²) in [5.41, 5.74) is 5.96. The van der Waals surface area contributed by atoms with Crippen molar-refractivity contribution in [1.29, 1.82) is 0 Å². The number of aromatic nitrogens is 1. The van der Waals surface area contributed by atoms with E-state index in [1.807, 2.05) is 6.26 Å². The van der Waals surface area contributed by atoms with Gasteiger partial charge in [0.05, 0.1) is 17.2 Å². The van der Waals surface area contributed by atoms with Gasteiger partial charge in [-0.25, -0.2) is 0 Å². The summed E-state index contributed by atoms with van der Waals surface area (Å²) in [6.07, 6.45) is 8.22. The molecule has 0 amide bonds. The third-order valence-corrected chi connectivity index (χ3v) is 6.73. The van der Waals surface area contributed by atoms with E-state index in [0.717, 1.165) is 35.2 Å². The van der Waals surface area contributed by atoms with Gasteiger partial charge >= 0.3 is 5.71 Å². The first-order valence-electron chi connectivity index (χ1n) is 10.3.